The normalized spacial score (nSPS) is 10.1. The van der Waals surface area contributed by atoms with Crippen molar-refractivity contribution >= 4 is 11.8 Å². The van der Waals surface area contributed by atoms with Gasteiger partial charge < -0.3 is 4.74 Å². The number of ether oxygens (including phenoxy) is 1. The third-order valence-electron chi connectivity index (χ3n) is 3.74. The second-order valence-corrected chi connectivity index (χ2v) is 5.40. The van der Waals surface area contributed by atoms with E-state index >= 15 is 0 Å². The summed E-state index contributed by atoms with van der Waals surface area (Å²) in [5.41, 5.74) is 2.68. The van der Waals surface area contributed by atoms with Gasteiger partial charge in [-0.3, -0.25) is 4.79 Å². The lowest BCUT2D eigenvalue weighted by molar-refractivity contribution is -0.128. The first-order valence-electron chi connectivity index (χ1n) is 7.82. The van der Waals surface area contributed by atoms with Gasteiger partial charge in [0, 0.05) is 22.8 Å². The SMILES string of the molecule is C=CC(=O)Oc1ccc(C(=O)c2ccccc2)cc1-c1ccccc1. The summed E-state index contributed by atoms with van der Waals surface area (Å²) < 4.78 is 5.32. The van der Waals surface area contributed by atoms with Crippen molar-refractivity contribution in [2.75, 3.05) is 0 Å². The van der Waals surface area contributed by atoms with Gasteiger partial charge in [-0.05, 0) is 23.8 Å². The molecule has 0 heterocycles. The number of ketones is 1. The molecule has 3 aromatic carbocycles. The van der Waals surface area contributed by atoms with Gasteiger partial charge in [0.2, 0.25) is 0 Å². The standard InChI is InChI=1S/C22H16O3/c1-2-21(23)25-20-14-13-18(22(24)17-11-7-4-8-12-17)15-19(20)16-9-5-3-6-10-16/h2-15H,1H2. The van der Waals surface area contributed by atoms with Gasteiger partial charge in [0.25, 0.3) is 0 Å². The Labute approximate surface area is 146 Å². The molecule has 0 aliphatic rings. The van der Waals surface area contributed by atoms with Crippen LogP contribution < -0.4 is 4.74 Å². The number of carbonyl (C=O) groups is 2. The van der Waals surface area contributed by atoms with Crippen LogP contribution in [0.25, 0.3) is 11.1 Å². The van der Waals surface area contributed by atoms with Crippen molar-refractivity contribution < 1.29 is 14.3 Å². The van der Waals surface area contributed by atoms with E-state index in [0.29, 0.717) is 22.4 Å². The van der Waals surface area contributed by atoms with Crippen molar-refractivity contribution in [2.24, 2.45) is 0 Å². The summed E-state index contributed by atoms with van der Waals surface area (Å²) in [4.78, 5) is 24.3. The van der Waals surface area contributed by atoms with Gasteiger partial charge in [0.15, 0.2) is 5.78 Å². The lowest BCUT2D eigenvalue weighted by Gasteiger charge is -2.11. The van der Waals surface area contributed by atoms with E-state index in [-0.39, 0.29) is 5.78 Å². The smallest absolute Gasteiger partial charge is 0.335 e. The largest absolute Gasteiger partial charge is 0.423 e. The molecule has 0 saturated carbocycles. The second-order valence-electron chi connectivity index (χ2n) is 5.40. The molecule has 0 fully saturated rings. The number of rotatable bonds is 5. The highest BCUT2D eigenvalue weighted by molar-refractivity contribution is 6.09. The van der Waals surface area contributed by atoms with Crippen molar-refractivity contribution in [3.8, 4) is 16.9 Å². The lowest BCUT2D eigenvalue weighted by atomic mass is 9.97. The summed E-state index contributed by atoms with van der Waals surface area (Å²) in [6, 6.07) is 23.6. The van der Waals surface area contributed by atoms with Crippen molar-refractivity contribution in [3.63, 3.8) is 0 Å². The van der Waals surface area contributed by atoms with Crippen LogP contribution in [0.15, 0.2) is 91.5 Å². The van der Waals surface area contributed by atoms with E-state index in [1.54, 1.807) is 30.3 Å². The van der Waals surface area contributed by atoms with Gasteiger partial charge in [-0.15, -0.1) is 0 Å². The monoisotopic (exact) mass is 328 g/mol. The van der Waals surface area contributed by atoms with E-state index < -0.39 is 5.97 Å². The van der Waals surface area contributed by atoms with Gasteiger partial charge in [-0.2, -0.15) is 0 Å². The number of benzene rings is 3. The van der Waals surface area contributed by atoms with Crippen LogP contribution in [-0.4, -0.2) is 11.8 Å². The van der Waals surface area contributed by atoms with Crippen molar-refractivity contribution in [1.29, 1.82) is 0 Å². The zero-order chi connectivity index (χ0) is 17.6. The third-order valence-corrected chi connectivity index (χ3v) is 3.74. The van der Waals surface area contributed by atoms with Crippen LogP contribution in [0, 0.1) is 0 Å². The molecule has 0 saturated heterocycles. The lowest BCUT2D eigenvalue weighted by Crippen LogP contribution is -2.06. The van der Waals surface area contributed by atoms with Crippen LogP contribution in [0.1, 0.15) is 15.9 Å². The Morgan fingerprint density at radius 2 is 1.44 bits per heavy atom. The maximum Gasteiger partial charge on any atom is 0.335 e. The van der Waals surface area contributed by atoms with Gasteiger partial charge in [-0.25, -0.2) is 4.79 Å². The highest BCUT2D eigenvalue weighted by Crippen LogP contribution is 2.32. The van der Waals surface area contributed by atoms with Crippen LogP contribution in [-0.2, 0) is 4.79 Å². The quantitative estimate of drug-likeness (QED) is 0.296. The van der Waals surface area contributed by atoms with E-state index in [1.165, 1.54) is 0 Å². The highest BCUT2D eigenvalue weighted by atomic mass is 16.5. The molecule has 0 bridgehead atoms. The molecule has 0 aliphatic heterocycles. The summed E-state index contributed by atoms with van der Waals surface area (Å²) in [5, 5.41) is 0. The highest BCUT2D eigenvalue weighted by Gasteiger charge is 2.15. The first-order valence-corrected chi connectivity index (χ1v) is 7.82. The Kier molecular flexibility index (Phi) is 4.86. The predicted octanol–water partition coefficient (Wildman–Crippen LogP) is 4.68. The van der Waals surface area contributed by atoms with Gasteiger partial charge in [0.1, 0.15) is 5.75 Å². The number of hydrogen-bond donors (Lipinski definition) is 0. The minimum absolute atomic E-state index is 0.0839. The molecule has 25 heavy (non-hydrogen) atoms. The van der Waals surface area contributed by atoms with E-state index in [1.807, 2.05) is 48.5 Å². The van der Waals surface area contributed by atoms with Crippen LogP contribution in [0.3, 0.4) is 0 Å². The van der Waals surface area contributed by atoms with Gasteiger partial charge in [-0.1, -0.05) is 67.2 Å². The second kappa shape index (κ2) is 7.41. The molecular formula is C22H16O3. The Balaban J connectivity index is 2.07. The first-order chi connectivity index (χ1) is 12.2. The topological polar surface area (TPSA) is 43.4 Å². The van der Waals surface area contributed by atoms with E-state index in [0.717, 1.165) is 11.6 Å². The minimum atomic E-state index is -0.542. The molecule has 3 nitrogen and oxygen atoms in total. The van der Waals surface area contributed by atoms with Crippen molar-refractivity contribution in [3.05, 3.63) is 103 Å². The number of hydrogen-bond acceptors (Lipinski definition) is 3. The Bertz CT molecular complexity index is 913. The molecule has 3 heteroatoms. The summed E-state index contributed by atoms with van der Waals surface area (Å²) in [6.45, 7) is 3.42. The molecule has 0 atom stereocenters. The fourth-order valence-electron chi connectivity index (χ4n) is 2.51. The molecule has 0 N–H and O–H groups in total. The molecule has 0 aliphatic carbocycles. The first kappa shape index (κ1) is 16.4. The predicted molar refractivity (Wildman–Crippen MR) is 97.6 cm³/mol. The van der Waals surface area contributed by atoms with Crippen LogP contribution in [0.2, 0.25) is 0 Å². The van der Waals surface area contributed by atoms with E-state index in [9.17, 15) is 9.59 Å². The third kappa shape index (κ3) is 3.72. The summed E-state index contributed by atoms with van der Waals surface area (Å²) in [5.74, 6) is -0.237. The molecule has 3 aromatic rings. The average molecular weight is 328 g/mol. The Hall–Kier alpha value is -3.46. The maximum absolute atomic E-state index is 12.7. The maximum atomic E-state index is 12.7. The summed E-state index contributed by atoms with van der Waals surface area (Å²) >= 11 is 0. The number of esters is 1. The van der Waals surface area contributed by atoms with Crippen LogP contribution in [0.4, 0.5) is 0 Å². The Morgan fingerprint density at radius 3 is 2.08 bits per heavy atom. The number of carbonyl (C=O) groups excluding carboxylic acids is 2. The summed E-state index contributed by atoms with van der Waals surface area (Å²) in [6.07, 6.45) is 1.11. The molecular weight excluding hydrogens is 312 g/mol. The summed E-state index contributed by atoms with van der Waals surface area (Å²) in [7, 11) is 0. The molecule has 0 radical (unpaired) electrons. The fraction of sp³-hybridized carbons (Fsp3) is 0. The van der Waals surface area contributed by atoms with Crippen molar-refractivity contribution in [1.82, 2.24) is 0 Å². The molecule has 0 spiro atoms. The zero-order valence-electron chi connectivity index (χ0n) is 13.5. The average Bonchev–Trinajstić information content (AvgIpc) is 2.69. The molecule has 0 amide bonds. The molecule has 0 aromatic heterocycles. The molecule has 0 unspecified atom stereocenters. The molecule has 122 valence electrons. The van der Waals surface area contributed by atoms with Gasteiger partial charge >= 0.3 is 5.97 Å². The van der Waals surface area contributed by atoms with Crippen LogP contribution >= 0.6 is 0 Å². The minimum Gasteiger partial charge on any atom is -0.423 e. The van der Waals surface area contributed by atoms with E-state index in [2.05, 4.69) is 6.58 Å². The van der Waals surface area contributed by atoms with E-state index in [4.69, 9.17) is 4.74 Å². The zero-order valence-corrected chi connectivity index (χ0v) is 13.5. The van der Waals surface area contributed by atoms with Crippen LogP contribution in [0.5, 0.6) is 5.75 Å². The Morgan fingerprint density at radius 1 is 0.800 bits per heavy atom. The fourth-order valence-corrected chi connectivity index (χ4v) is 2.51. The molecule has 3 rings (SSSR count). The van der Waals surface area contributed by atoms with Gasteiger partial charge in [0.05, 0.1) is 0 Å². The van der Waals surface area contributed by atoms with Crippen molar-refractivity contribution in [2.45, 2.75) is 0 Å².